The van der Waals surface area contributed by atoms with Crippen LogP contribution in [0.1, 0.15) is 19.4 Å². The monoisotopic (exact) mass is 501 g/mol. The molecule has 0 bridgehead atoms. The summed E-state index contributed by atoms with van der Waals surface area (Å²) >= 11 is 0. The summed E-state index contributed by atoms with van der Waals surface area (Å²) in [5, 5.41) is 13.7. The third-order valence-corrected chi connectivity index (χ3v) is 6.12. The molecule has 2 aliphatic heterocycles. The summed E-state index contributed by atoms with van der Waals surface area (Å²) in [4.78, 5) is 27.5. The van der Waals surface area contributed by atoms with Gasteiger partial charge in [0.15, 0.2) is 0 Å². The molecule has 2 fully saturated rings. The molecule has 2 aromatic rings. The smallest absolute Gasteiger partial charge is 0.325 e. The van der Waals surface area contributed by atoms with E-state index in [4.69, 9.17) is 14.2 Å². The molecule has 2 N–H and O–H groups in total. The zero-order chi connectivity index (χ0) is 25.8. The number of rotatable bonds is 9. The van der Waals surface area contributed by atoms with Crippen molar-refractivity contribution in [1.82, 2.24) is 15.1 Å². The maximum absolute atomic E-state index is 13.1. The van der Waals surface area contributed by atoms with E-state index >= 15 is 0 Å². The highest BCUT2D eigenvalue weighted by atomic mass is 19.1. The number of ether oxygens (including phenoxy) is 3. The van der Waals surface area contributed by atoms with Crippen molar-refractivity contribution < 1.29 is 33.3 Å². The van der Waals surface area contributed by atoms with Gasteiger partial charge < -0.3 is 24.6 Å². The summed E-state index contributed by atoms with van der Waals surface area (Å²) in [7, 11) is 0. The lowest BCUT2D eigenvalue weighted by molar-refractivity contribution is -0.130. The molecule has 0 spiro atoms. The number of β-amino-alcohol motifs (C(OH)–C–C–N with tert-alkyl or cyclic N) is 1. The van der Waals surface area contributed by atoms with Crippen LogP contribution in [0, 0.1) is 5.82 Å². The molecule has 3 amide bonds. The first kappa shape index (κ1) is 25.9. The minimum absolute atomic E-state index is 0.0244. The molecule has 194 valence electrons. The SMILES string of the molecule is CC1(C)NC(=O)N(CCOc2ccc(CN3CCOC[C@](O)(COc4ccc(F)cc4)C3)cc2)C1=O. The van der Waals surface area contributed by atoms with E-state index in [9.17, 15) is 19.1 Å². The Balaban J connectivity index is 1.26. The number of halogens is 1. The number of urea groups is 1. The number of benzene rings is 2. The second-order valence-corrected chi connectivity index (χ2v) is 9.73. The van der Waals surface area contributed by atoms with Crippen LogP contribution in [0.15, 0.2) is 48.5 Å². The van der Waals surface area contributed by atoms with Gasteiger partial charge in [0.05, 0.1) is 19.8 Å². The zero-order valence-corrected chi connectivity index (χ0v) is 20.5. The predicted molar refractivity (Wildman–Crippen MR) is 129 cm³/mol. The van der Waals surface area contributed by atoms with Crippen molar-refractivity contribution >= 4 is 11.9 Å². The van der Waals surface area contributed by atoms with E-state index in [1.165, 1.54) is 24.3 Å². The molecule has 2 saturated heterocycles. The standard InChI is InChI=1S/C26H32FN3O6/c1-25(2)23(31)30(24(32)28-25)12-14-35-21-7-3-19(4-8-21)15-29-11-13-34-17-26(33,16-29)18-36-22-9-5-20(27)6-10-22/h3-10,33H,11-18H2,1-2H3,(H,28,32)/t26-/m0/s1. The first-order chi connectivity index (χ1) is 17.1. The average Bonchev–Trinajstić information content (AvgIpc) is 2.95. The highest BCUT2D eigenvalue weighted by Gasteiger charge is 2.43. The minimum atomic E-state index is -1.21. The van der Waals surface area contributed by atoms with Crippen molar-refractivity contribution in [2.75, 3.05) is 46.1 Å². The summed E-state index contributed by atoms with van der Waals surface area (Å²) in [5.74, 6) is 0.499. The van der Waals surface area contributed by atoms with Crippen LogP contribution in [0.3, 0.4) is 0 Å². The van der Waals surface area contributed by atoms with Gasteiger partial charge in [-0.3, -0.25) is 14.6 Å². The number of hydrogen-bond acceptors (Lipinski definition) is 7. The second kappa shape index (κ2) is 10.8. The van der Waals surface area contributed by atoms with E-state index < -0.39 is 17.2 Å². The number of nitrogens with zero attached hydrogens (tertiary/aromatic N) is 2. The van der Waals surface area contributed by atoms with Gasteiger partial charge >= 0.3 is 6.03 Å². The molecular formula is C26H32FN3O6. The molecule has 9 nitrogen and oxygen atoms in total. The Morgan fingerprint density at radius 1 is 1.06 bits per heavy atom. The Labute approximate surface area is 209 Å². The van der Waals surface area contributed by atoms with Crippen molar-refractivity contribution in [3.8, 4) is 11.5 Å². The Morgan fingerprint density at radius 3 is 2.39 bits per heavy atom. The third kappa shape index (κ3) is 6.51. The Kier molecular flexibility index (Phi) is 7.77. The summed E-state index contributed by atoms with van der Waals surface area (Å²) in [5.41, 5.74) is -1.07. The maximum Gasteiger partial charge on any atom is 0.325 e. The van der Waals surface area contributed by atoms with Gasteiger partial charge in [-0.2, -0.15) is 0 Å². The van der Waals surface area contributed by atoms with Gasteiger partial charge in [0, 0.05) is 19.6 Å². The van der Waals surface area contributed by atoms with Crippen LogP contribution < -0.4 is 14.8 Å². The molecule has 0 aromatic heterocycles. The molecule has 10 heteroatoms. The van der Waals surface area contributed by atoms with Crippen LogP contribution in [0.2, 0.25) is 0 Å². The van der Waals surface area contributed by atoms with Crippen molar-refractivity contribution in [1.29, 1.82) is 0 Å². The molecule has 2 heterocycles. The van der Waals surface area contributed by atoms with Crippen molar-refractivity contribution in [2.24, 2.45) is 0 Å². The van der Waals surface area contributed by atoms with Gasteiger partial charge in [0.1, 0.15) is 41.7 Å². The Hall–Kier alpha value is -3.21. The Morgan fingerprint density at radius 2 is 1.72 bits per heavy atom. The number of nitrogens with one attached hydrogen (secondary N) is 1. The van der Waals surface area contributed by atoms with Gasteiger partial charge in [0.2, 0.25) is 0 Å². The molecule has 2 aliphatic rings. The summed E-state index contributed by atoms with van der Waals surface area (Å²) in [6, 6.07) is 12.8. The number of imide groups is 1. The Bertz CT molecular complexity index is 1060. The number of hydrogen-bond donors (Lipinski definition) is 2. The number of carbonyl (C=O) groups excluding carboxylic acids is 2. The van der Waals surface area contributed by atoms with Gasteiger partial charge in [0.25, 0.3) is 5.91 Å². The molecule has 4 rings (SSSR count). The first-order valence-corrected chi connectivity index (χ1v) is 11.9. The number of carbonyl (C=O) groups is 2. The fourth-order valence-electron chi connectivity index (χ4n) is 4.19. The highest BCUT2D eigenvalue weighted by Crippen LogP contribution is 2.20. The fourth-order valence-corrected chi connectivity index (χ4v) is 4.19. The summed E-state index contributed by atoms with van der Waals surface area (Å²) < 4.78 is 30.1. The number of amides is 3. The maximum atomic E-state index is 13.1. The molecular weight excluding hydrogens is 469 g/mol. The summed E-state index contributed by atoms with van der Waals surface area (Å²) in [6.07, 6.45) is 0. The molecule has 2 aromatic carbocycles. The second-order valence-electron chi connectivity index (χ2n) is 9.73. The lowest BCUT2D eigenvalue weighted by Gasteiger charge is -2.30. The molecule has 0 unspecified atom stereocenters. The normalized spacial score (nSPS) is 22.3. The van der Waals surface area contributed by atoms with Crippen molar-refractivity contribution in [3.63, 3.8) is 0 Å². The van der Waals surface area contributed by atoms with Crippen LogP contribution in [0.25, 0.3) is 0 Å². The van der Waals surface area contributed by atoms with E-state index in [2.05, 4.69) is 10.2 Å². The molecule has 1 atom stereocenters. The molecule has 0 saturated carbocycles. The van der Waals surface area contributed by atoms with Crippen LogP contribution in [0.4, 0.5) is 9.18 Å². The van der Waals surface area contributed by atoms with E-state index in [0.29, 0.717) is 37.7 Å². The van der Waals surface area contributed by atoms with E-state index in [1.807, 2.05) is 24.3 Å². The van der Waals surface area contributed by atoms with Crippen LogP contribution in [-0.2, 0) is 16.1 Å². The molecule has 36 heavy (non-hydrogen) atoms. The van der Waals surface area contributed by atoms with Gasteiger partial charge in [-0.15, -0.1) is 0 Å². The van der Waals surface area contributed by atoms with Gasteiger partial charge in [-0.05, 0) is 55.8 Å². The topological polar surface area (TPSA) is 101 Å². The lowest BCUT2D eigenvalue weighted by Crippen LogP contribution is -2.48. The fraction of sp³-hybridized carbons (Fsp3) is 0.462. The van der Waals surface area contributed by atoms with Gasteiger partial charge in [-0.25, -0.2) is 9.18 Å². The molecule has 0 radical (unpaired) electrons. The van der Waals surface area contributed by atoms with E-state index in [1.54, 1.807) is 13.8 Å². The van der Waals surface area contributed by atoms with Crippen LogP contribution in [-0.4, -0.2) is 84.0 Å². The largest absolute Gasteiger partial charge is 0.492 e. The van der Waals surface area contributed by atoms with E-state index in [0.717, 1.165) is 10.5 Å². The quantitative estimate of drug-likeness (QED) is 0.508. The summed E-state index contributed by atoms with van der Waals surface area (Å²) in [6.45, 7) is 5.96. The highest BCUT2D eigenvalue weighted by molar-refractivity contribution is 6.06. The molecule has 0 aliphatic carbocycles. The van der Waals surface area contributed by atoms with Crippen LogP contribution in [0.5, 0.6) is 11.5 Å². The average molecular weight is 502 g/mol. The lowest BCUT2D eigenvalue weighted by atomic mass is 10.1. The van der Waals surface area contributed by atoms with Gasteiger partial charge in [-0.1, -0.05) is 12.1 Å². The zero-order valence-electron chi connectivity index (χ0n) is 20.5. The van der Waals surface area contributed by atoms with E-state index in [-0.39, 0.29) is 38.1 Å². The number of aliphatic hydroxyl groups is 1. The van der Waals surface area contributed by atoms with Crippen molar-refractivity contribution in [3.05, 3.63) is 59.9 Å². The van der Waals surface area contributed by atoms with Crippen molar-refractivity contribution in [2.45, 2.75) is 31.5 Å². The van der Waals surface area contributed by atoms with Crippen LogP contribution >= 0.6 is 0 Å². The predicted octanol–water partition coefficient (Wildman–Crippen LogP) is 2.18. The third-order valence-electron chi connectivity index (χ3n) is 6.12. The first-order valence-electron chi connectivity index (χ1n) is 11.9. The minimum Gasteiger partial charge on any atom is -0.492 e.